The van der Waals surface area contributed by atoms with Gasteiger partial charge in [0.05, 0.1) is 0 Å². The Morgan fingerprint density at radius 3 is 2.08 bits per heavy atom. The second kappa shape index (κ2) is 4.43. The van der Waals surface area contributed by atoms with E-state index >= 15 is 0 Å². The third-order valence-corrected chi connectivity index (χ3v) is 1.12. The average molecular weight is 169 g/mol. The number of carbonyl (C=O) groups excluding carboxylic acids is 2. The lowest BCUT2D eigenvalue weighted by atomic mass is 10.3. The Morgan fingerprint density at radius 1 is 1.25 bits per heavy atom. The molecule has 0 aromatic rings. The zero-order chi connectivity index (χ0) is 9.72. The van der Waals surface area contributed by atoms with Crippen LogP contribution >= 0.6 is 0 Å². The fraction of sp³-hybridized carbons (Fsp3) is 0.375. The van der Waals surface area contributed by atoms with Crippen LogP contribution in [0.2, 0.25) is 0 Å². The van der Waals surface area contributed by atoms with Gasteiger partial charge >= 0.3 is 5.97 Å². The van der Waals surface area contributed by atoms with Gasteiger partial charge in [-0.2, -0.15) is 0 Å². The first-order chi connectivity index (χ1) is 5.45. The summed E-state index contributed by atoms with van der Waals surface area (Å²) in [6.45, 7) is 7.66. The van der Waals surface area contributed by atoms with E-state index in [2.05, 4.69) is 16.6 Å². The van der Waals surface area contributed by atoms with Crippen molar-refractivity contribution in [3.8, 4) is 0 Å². The summed E-state index contributed by atoms with van der Waals surface area (Å²) in [5.41, 5.74) is 0.403. The first-order valence-corrected chi connectivity index (χ1v) is 3.37. The van der Waals surface area contributed by atoms with Crippen molar-refractivity contribution in [3.63, 3.8) is 0 Å². The van der Waals surface area contributed by atoms with Crippen LogP contribution in [0.4, 0.5) is 0 Å². The normalized spacial score (nSPS) is 10.8. The minimum absolute atomic E-state index is 0.157. The lowest BCUT2D eigenvalue weighted by Gasteiger charge is -1.95. The van der Waals surface area contributed by atoms with E-state index in [1.807, 2.05) is 0 Å². The minimum Gasteiger partial charge on any atom is -0.313 e. The van der Waals surface area contributed by atoms with Crippen molar-refractivity contribution in [2.75, 3.05) is 0 Å². The molecule has 0 fully saturated rings. The van der Waals surface area contributed by atoms with Crippen molar-refractivity contribution >= 4 is 17.5 Å². The molecule has 0 rings (SSSR count). The van der Waals surface area contributed by atoms with Crippen molar-refractivity contribution in [3.05, 3.63) is 12.2 Å². The molecule has 0 heterocycles. The molecule has 0 N–H and O–H groups in total. The summed E-state index contributed by atoms with van der Waals surface area (Å²) in [6.07, 6.45) is 0. The van der Waals surface area contributed by atoms with Gasteiger partial charge in [0.15, 0.2) is 5.78 Å². The van der Waals surface area contributed by atoms with Gasteiger partial charge in [-0.1, -0.05) is 11.7 Å². The van der Waals surface area contributed by atoms with E-state index in [-0.39, 0.29) is 17.1 Å². The smallest absolute Gasteiger partial charge is 0.313 e. The van der Waals surface area contributed by atoms with Crippen LogP contribution in [0.5, 0.6) is 0 Å². The molecule has 0 atom stereocenters. The number of oxime groups is 1. The summed E-state index contributed by atoms with van der Waals surface area (Å²) >= 11 is 0. The van der Waals surface area contributed by atoms with Crippen LogP contribution < -0.4 is 0 Å². The topological polar surface area (TPSA) is 55.7 Å². The van der Waals surface area contributed by atoms with Gasteiger partial charge in [0.2, 0.25) is 0 Å². The summed E-state index contributed by atoms with van der Waals surface area (Å²) in [6, 6.07) is 0. The van der Waals surface area contributed by atoms with E-state index in [1.165, 1.54) is 20.8 Å². The first kappa shape index (κ1) is 10.6. The molecule has 0 radical (unpaired) electrons. The number of hydrogen-bond donors (Lipinski definition) is 0. The lowest BCUT2D eigenvalue weighted by molar-refractivity contribution is -0.138. The van der Waals surface area contributed by atoms with Crippen molar-refractivity contribution in [1.82, 2.24) is 0 Å². The maximum atomic E-state index is 10.7. The summed E-state index contributed by atoms with van der Waals surface area (Å²) in [4.78, 5) is 25.7. The predicted octanol–water partition coefficient (Wildman–Crippen LogP) is 1.07. The highest BCUT2D eigenvalue weighted by atomic mass is 16.7. The molecule has 12 heavy (non-hydrogen) atoms. The van der Waals surface area contributed by atoms with Crippen LogP contribution in [0.3, 0.4) is 0 Å². The van der Waals surface area contributed by atoms with Crippen molar-refractivity contribution in [2.24, 2.45) is 5.16 Å². The number of nitrogens with zero attached hydrogens (tertiary/aromatic N) is 1. The highest BCUT2D eigenvalue weighted by Gasteiger charge is 2.04. The van der Waals surface area contributed by atoms with Crippen molar-refractivity contribution in [1.29, 1.82) is 0 Å². The Bertz CT molecular complexity index is 253. The molecular formula is C8H11NO3. The Balaban J connectivity index is 4.14. The molecular weight excluding hydrogens is 158 g/mol. The van der Waals surface area contributed by atoms with Crippen LogP contribution in [0.1, 0.15) is 20.8 Å². The SMILES string of the molecule is C=C(C)C(=O)ON=C(C)C(C)=O. The maximum absolute atomic E-state index is 10.7. The molecule has 0 unspecified atom stereocenters. The molecule has 0 aromatic carbocycles. The Labute approximate surface area is 70.9 Å². The molecule has 0 aromatic heterocycles. The van der Waals surface area contributed by atoms with E-state index in [1.54, 1.807) is 0 Å². The summed E-state index contributed by atoms with van der Waals surface area (Å²) in [5, 5.41) is 3.30. The maximum Gasteiger partial charge on any atom is 0.360 e. The van der Waals surface area contributed by atoms with E-state index in [0.717, 1.165) is 0 Å². The number of carbonyl (C=O) groups is 2. The van der Waals surface area contributed by atoms with Crippen LogP contribution in [0.25, 0.3) is 0 Å². The van der Waals surface area contributed by atoms with E-state index in [4.69, 9.17) is 0 Å². The van der Waals surface area contributed by atoms with Crippen molar-refractivity contribution in [2.45, 2.75) is 20.8 Å². The second-order valence-electron chi connectivity index (χ2n) is 2.39. The van der Waals surface area contributed by atoms with Crippen LogP contribution in [0, 0.1) is 0 Å². The largest absolute Gasteiger partial charge is 0.360 e. The van der Waals surface area contributed by atoms with E-state index in [0.29, 0.717) is 0 Å². The summed E-state index contributed by atoms with van der Waals surface area (Å²) < 4.78 is 0. The third kappa shape index (κ3) is 3.65. The zero-order valence-electron chi connectivity index (χ0n) is 7.38. The number of Topliss-reactive ketones (excluding diaryl/α,β-unsaturated/α-hetero) is 1. The summed E-state index contributed by atoms with van der Waals surface area (Å²) in [5.74, 6) is -0.861. The molecule has 0 saturated heterocycles. The molecule has 66 valence electrons. The Morgan fingerprint density at radius 2 is 1.75 bits per heavy atom. The zero-order valence-corrected chi connectivity index (χ0v) is 7.38. The summed E-state index contributed by atoms with van der Waals surface area (Å²) in [7, 11) is 0. The van der Waals surface area contributed by atoms with Gasteiger partial charge in [0.1, 0.15) is 5.71 Å². The highest BCUT2D eigenvalue weighted by molar-refractivity contribution is 6.37. The molecule has 0 aliphatic heterocycles. The minimum atomic E-state index is -0.629. The van der Waals surface area contributed by atoms with Gasteiger partial charge in [0, 0.05) is 12.5 Å². The van der Waals surface area contributed by atoms with E-state index in [9.17, 15) is 9.59 Å². The van der Waals surface area contributed by atoms with Crippen molar-refractivity contribution < 1.29 is 14.4 Å². The van der Waals surface area contributed by atoms with Gasteiger partial charge in [-0.05, 0) is 13.8 Å². The number of hydrogen-bond acceptors (Lipinski definition) is 4. The molecule has 0 spiro atoms. The third-order valence-electron chi connectivity index (χ3n) is 1.12. The molecule has 0 saturated carbocycles. The monoisotopic (exact) mass is 169 g/mol. The van der Waals surface area contributed by atoms with Gasteiger partial charge < -0.3 is 4.84 Å². The fourth-order valence-electron chi connectivity index (χ4n) is 0.252. The molecule has 4 heteroatoms. The van der Waals surface area contributed by atoms with E-state index < -0.39 is 5.97 Å². The Hall–Kier alpha value is -1.45. The standard InChI is InChI=1S/C8H11NO3/c1-5(2)8(11)12-9-6(3)7(4)10/h1H2,2-4H3. The average Bonchev–Trinajstić information content (AvgIpc) is 1.98. The van der Waals surface area contributed by atoms with Crippen LogP contribution in [-0.4, -0.2) is 17.5 Å². The predicted molar refractivity (Wildman–Crippen MR) is 44.7 cm³/mol. The second-order valence-corrected chi connectivity index (χ2v) is 2.39. The lowest BCUT2D eigenvalue weighted by Crippen LogP contribution is -2.08. The quantitative estimate of drug-likeness (QED) is 0.275. The Kier molecular flexibility index (Phi) is 3.90. The molecule has 0 aliphatic carbocycles. The van der Waals surface area contributed by atoms with Gasteiger partial charge in [0.25, 0.3) is 0 Å². The number of rotatable bonds is 3. The van der Waals surface area contributed by atoms with Crippen LogP contribution in [0.15, 0.2) is 17.3 Å². The molecule has 0 bridgehead atoms. The highest BCUT2D eigenvalue weighted by Crippen LogP contribution is 1.93. The molecule has 0 amide bonds. The molecule has 4 nitrogen and oxygen atoms in total. The van der Waals surface area contributed by atoms with Gasteiger partial charge in [-0.15, -0.1) is 0 Å². The van der Waals surface area contributed by atoms with Gasteiger partial charge in [-0.25, -0.2) is 4.79 Å². The van der Waals surface area contributed by atoms with Gasteiger partial charge in [-0.3, -0.25) is 4.79 Å². The first-order valence-electron chi connectivity index (χ1n) is 3.37. The molecule has 0 aliphatic rings. The fourth-order valence-corrected chi connectivity index (χ4v) is 0.252. The van der Waals surface area contributed by atoms with Crippen LogP contribution in [-0.2, 0) is 14.4 Å². The number of ketones is 1.